The summed E-state index contributed by atoms with van der Waals surface area (Å²) < 4.78 is 5.47. The molecule has 4 rings (SSSR count). The van der Waals surface area contributed by atoms with E-state index >= 15 is 0 Å². The molecule has 2 saturated heterocycles. The van der Waals surface area contributed by atoms with E-state index < -0.39 is 0 Å². The van der Waals surface area contributed by atoms with Crippen molar-refractivity contribution in [2.45, 2.75) is 31.1 Å². The Kier molecular flexibility index (Phi) is 4.44. The number of benzene rings is 1. The Bertz CT molecular complexity index is 738. The highest BCUT2D eigenvalue weighted by atomic mass is 16.5. The summed E-state index contributed by atoms with van der Waals surface area (Å²) in [6.45, 7) is 3.36. The molecule has 132 valence electrons. The molecule has 25 heavy (non-hydrogen) atoms. The summed E-state index contributed by atoms with van der Waals surface area (Å²) in [5.41, 5.74) is 8.16. The van der Waals surface area contributed by atoms with Crippen LogP contribution in [-0.4, -0.2) is 41.4 Å². The Morgan fingerprint density at radius 3 is 2.64 bits per heavy atom. The van der Waals surface area contributed by atoms with Crippen molar-refractivity contribution in [1.82, 2.24) is 9.97 Å². The van der Waals surface area contributed by atoms with Gasteiger partial charge in [0.2, 0.25) is 5.95 Å². The molecule has 0 saturated carbocycles. The van der Waals surface area contributed by atoms with E-state index in [0.717, 1.165) is 57.1 Å². The highest BCUT2D eigenvalue weighted by Gasteiger charge is 2.25. The quantitative estimate of drug-likeness (QED) is 0.893. The van der Waals surface area contributed by atoms with E-state index in [4.69, 9.17) is 10.5 Å². The van der Waals surface area contributed by atoms with Gasteiger partial charge in [0.05, 0.1) is 12.3 Å². The molecular formula is C19H24N4O2. The third kappa shape index (κ3) is 3.54. The lowest BCUT2D eigenvalue weighted by atomic mass is 9.89. The Morgan fingerprint density at radius 2 is 1.92 bits per heavy atom. The molecule has 6 heteroatoms. The van der Waals surface area contributed by atoms with Gasteiger partial charge in [0, 0.05) is 31.7 Å². The Labute approximate surface area is 147 Å². The minimum atomic E-state index is 0.328. The first kappa shape index (κ1) is 16.1. The third-order valence-corrected chi connectivity index (χ3v) is 5.26. The molecule has 6 nitrogen and oxygen atoms in total. The maximum absolute atomic E-state index is 9.69. The average molecular weight is 340 g/mol. The number of piperidine rings is 1. The zero-order valence-corrected chi connectivity index (χ0v) is 14.3. The molecule has 0 spiro atoms. The van der Waals surface area contributed by atoms with E-state index in [1.54, 1.807) is 6.07 Å². The lowest BCUT2D eigenvalue weighted by molar-refractivity contribution is 0.193. The summed E-state index contributed by atoms with van der Waals surface area (Å²) in [5, 5.41) is 9.69. The van der Waals surface area contributed by atoms with Crippen LogP contribution >= 0.6 is 0 Å². The zero-order chi connectivity index (χ0) is 17.2. The highest BCUT2D eigenvalue weighted by molar-refractivity contribution is 5.45. The SMILES string of the molecule is Nc1nc([C@@H]2CCOC2)cc(N2CCC(c3cccc(O)c3)CC2)n1. The van der Waals surface area contributed by atoms with E-state index in [-0.39, 0.29) is 0 Å². The van der Waals surface area contributed by atoms with Gasteiger partial charge >= 0.3 is 0 Å². The molecule has 0 unspecified atom stereocenters. The fourth-order valence-corrected chi connectivity index (χ4v) is 3.83. The number of anilines is 2. The van der Waals surface area contributed by atoms with Gasteiger partial charge < -0.3 is 20.5 Å². The fraction of sp³-hybridized carbons (Fsp3) is 0.474. The number of rotatable bonds is 3. The average Bonchev–Trinajstić information content (AvgIpc) is 3.16. The summed E-state index contributed by atoms with van der Waals surface area (Å²) >= 11 is 0. The third-order valence-electron chi connectivity index (χ3n) is 5.26. The maximum Gasteiger partial charge on any atom is 0.222 e. The van der Waals surface area contributed by atoms with E-state index in [1.807, 2.05) is 12.1 Å². The summed E-state index contributed by atoms with van der Waals surface area (Å²) in [4.78, 5) is 11.2. The molecule has 3 heterocycles. The van der Waals surface area contributed by atoms with Gasteiger partial charge in [-0.25, -0.2) is 4.98 Å². The molecule has 0 amide bonds. The predicted octanol–water partition coefficient (Wildman–Crippen LogP) is 2.65. The Balaban J connectivity index is 1.47. The van der Waals surface area contributed by atoms with Gasteiger partial charge in [0.15, 0.2) is 0 Å². The van der Waals surface area contributed by atoms with E-state index in [2.05, 4.69) is 27.0 Å². The number of hydrogen-bond acceptors (Lipinski definition) is 6. The van der Waals surface area contributed by atoms with Crippen molar-refractivity contribution in [1.29, 1.82) is 0 Å². The van der Waals surface area contributed by atoms with E-state index in [1.165, 1.54) is 5.56 Å². The summed E-state index contributed by atoms with van der Waals surface area (Å²) in [6.07, 6.45) is 3.07. The molecule has 1 atom stereocenters. The second-order valence-electron chi connectivity index (χ2n) is 6.93. The Hall–Kier alpha value is -2.34. The molecule has 2 aliphatic rings. The van der Waals surface area contributed by atoms with Gasteiger partial charge in [-0.05, 0) is 42.9 Å². The highest BCUT2D eigenvalue weighted by Crippen LogP contribution is 2.32. The van der Waals surface area contributed by atoms with Crippen LogP contribution in [0.1, 0.15) is 42.4 Å². The van der Waals surface area contributed by atoms with Gasteiger partial charge in [0.25, 0.3) is 0 Å². The molecule has 0 aliphatic carbocycles. The smallest absolute Gasteiger partial charge is 0.222 e. The molecule has 0 bridgehead atoms. The number of phenolic OH excluding ortho intramolecular Hbond substituents is 1. The monoisotopic (exact) mass is 340 g/mol. The van der Waals surface area contributed by atoms with Gasteiger partial charge in [-0.2, -0.15) is 4.98 Å². The summed E-state index contributed by atoms with van der Waals surface area (Å²) in [7, 11) is 0. The lowest BCUT2D eigenvalue weighted by Gasteiger charge is -2.33. The van der Waals surface area contributed by atoms with E-state index in [9.17, 15) is 5.11 Å². The predicted molar refractivity (Wildman–Crippen MR) is 96.9 cm³/mol. The summed E-state index contributed by atoms with van der Waals surface area (Å²) in [5.74, 6) is 2.41. The normalized spacial score (nSPS) is 21.6. The largest absolute Gasteiger partial charge is 0.508 e. The van der Waals surface area contributed by atoms with Crippen LogP contribution in [0.15, 0.2) is 30.3 Å². The number of nitrogen functional groups attached to an aromatic ring is 1. The van der Waals surface area contributed by atoms with Gasteiger partial charge in [-0.3, -0.25) is 0 Å². The number of ether oxygens (including phenoxy) is 1. The zero-order valence-electron chi connectivity index (χ0n) is 14.3. The molecule has 0 radical (unpaired) electrons. The topological polar surface area (TPSA) is 84.5 Å². The lowest BCUT2D eigenvalue weighted by Crippen LogP contribution is -2.33. The molecule has 1 aromatic heterocycles. The van der Waals surface area contributed by atoms with Crippen LogP contribution in [0.2, 0.25) is 0 Å². The van der Waals surface area contributed by atoms with Crippen molar-refractivity contribution in [3.63, 3.8) is 0 Å². The van der Waals surface area contributed by atoms with Crippen LogP contribution < -0.4 is 10.6 Å². The molecule has 2 aromatic rings. The van der Waals surface area contributed by atoms with Crippen molar-refractivity contribution in [3.8, 4) is 5.75 Å². The second kappa shape index (κ2) is 6.88. The van der Waals surface area contributed by atoms with Crippen molar-refractivity contribution < 1.29 is 9.84 Å². The van der Waals surface area contributed by atoms with Crippen molar-refractivity contribution in [3.05, 3.63) is 41.6 Å². The number of nitrogens with two attached hydrogens (primary N) is 1. The number of hydrogen-bond donors (Lipinski definition) is 2. The van der Waals surface area contributed by atoms with Gasteiger partial charge in [-0.15, -0.1) is 0 Å². The minimum absolute atomic E-state index is 0.328. The van der Waals surface area contributed by atoms with Crippen LogP contribution in [0.3, 0.4) is 0 Å². The van der Waals surface area contributed by atoms with Crippen molar-refractivity contribution in [2.24, 2.45) is 0 Å². The standard InChI is InChI=1S/C19H24N4O2/c20-19-21-17(15-6-9-25-12-15)11-18(22-19)23-7-4-13(5-8-23)14-2-1-3-16(24)10-14/h1-3,10-11,13,15,24H,4-9,12H2,(H2,20,21,22)/t15-/m1/s1. The molecule has 3 N–H and O–H groups in total. The van der Waals surface area contributed by atoms with Crippen LogP contribution in [0.5, 0.6) is 5.75 Å². The number of phenols is 1. The van der Waals surface area contributed by atoms with Gasteiger partial charge in [0.1, 0.15) is 11.6 Å². The second-order valence-corrected chi connectivity index (χ2v) is 6.93. The molecule has 2 aliphatic heterocycles. The molecule has 2 fully saturated rings. The minimum Gasteiger partial charge on any atom is -0.508 e. The van der Waals surface area contributed by atoms with Crippen LogP contribution in [0.4, 0.5) is 11.8 Å². The van der Waals surface area contributed by atoms with Crippen molar-refractivity contribution >= 4 is 11.8 Å². The first-order chi connectivity index (χ1) is 12.2. The summed E-state index contributed by atoms with van der Waals surface area (Å²) in [6, 6.07) is 9.68. The first-order valence-corrected chi connectivity index (χ1v) is 8.95. The van der Waals surface area contributed by atoms with Crippen LogP contribution in [0, 0.1) is 0 Å². The van der Waals surface area contributed by atoms with Gasteiger partial charge in [-0.1, -0.05) is 12.1 Å². The maximum atomic E-state index is 9.69. The fourth-order valence-electron chi connectivity index (χ4n) is 3.83. The molecular weight excluding hydrogens is 316 g/mol. The molecule has 1 aromatic carbocycles. The van der Waals surface area contributed by atoms with Crippen LogP contribution in [-0.2, 0) is 4.74 Å². The number of aromatic hydroxyl groups is 1. The van der Waals surface area contributed by atoms with Crippen molar-refractivity contribution in [2.75, 3.05) is 36.9 Å². The number of aromatic nitrogens is 2. The Morgan fingerprint density at radius 1 is 1.08 bits per heavy atom. The van der Waals surface area contributed by atoms with Crippen LogP contribution in [0.25, 0.3) is 0 Å². The van der Waals surface area contributed by atoms with E-state index in [0.29, 0.717) is 23.5 Å². The first-order valence-electron chi connectivity index (χ1n) is 8.95. The number of nitrogens with zero attached hydrogens (tertiary/aromatic N) is 3.